The number of nitrogens with two attached hydrogens (primary N) is 1. The van der Waals surface area contributed by atoms with Gasteiger partial charge in [0.15, 0.2) is 11.5 Å². The Hall–Kier alpha value is -1.85. The van der Waals surface area contributed by atoms with Gasteiger partial charge in [0.25, 0.3) is 0 Å². The van der Waals surface area contributed by atoms with Crippen LogP contribution in [0.3, 0.4) is 0 Å². The predicted molar refractivity (Wildman–Crippen MR) is 70.7 cm³/mol. The first-order valence-electron chi connectivity index (χ1n) is 5.07. The largest absolute Gasteiger partial charge is 0.366 e. The van der Waals surface area contributed by atoms with Crippen LogP contribution in [0.2, 0.25) is 10.0 Å². The van der Waals surface area contributed by atoms with Gasteiger partial charge in [0, 0.05) is 27.9 Å². The van der Waals surface area contributed by atoms with Crippen molar-refractivity contribution < 1.29 is 0 Å². The Morgan fingerprint density at radius 1 is 1.11 bits per heavy atom. The fourth-order valence-corrected chi connectivity index (χ4v) is 2.24. The first-order chi connectivity index (χ1) is 8.63. The fraction of sp³-hybridized carbons (Fsp3) is 0. The topological polar surface area (TPSA) is 69.1 Å². The van der Waals surface area contributed by atoms with Crippen LogP contribution in [0.4, 0.5) is 5.95 Å². The number of nitrogen functional groups attached to an aromatic ring is 1. The molecule has 0 bridgehead atoms. The number of aromatic nitrogens is 4. The van der Waals surface area contributed by atoms with Gasteiger partial charge in [-0.2, -0.15) is 9.50 Å². The van der Waals surface area contributed by atoms with E-state index < -0.39 is 0 Å². The number of anilines is 1. The van der Waals surface area contributed by atoms with E-state index in [-0.39, 0.29) is 5.95 Å². The molecule has 0 unspecified atom stereocenters. The summed E-state index contributed by atoms with van der Waals surface area (Å²) in [5.74, 6) is 0.776. The molecule has 0 aliphatic rings. The molecule has 3 aromatic rings. The number of nitrogens with zero attached hydrogens (tertiary/aromatic N) is 4. The van der Waals surface area contributed by atoms with E-state index in [0.29, 0.717) is 21.5 Å². The highest BCUT2D eigenvalue weighted by atomic mass is 35.5. The van der Waals surface area contributed by atoms with Crippen molar-refractivity contribution in [3.05, 3.63) is 40.5 Å². The van der Waals surface area contributed by atoms with E-state index in [0.717, 1.165) is 5.56 Å². The van der Waals surface area contributed by atoms with E-state index in [2.05, 4.69) is 15.1 Å². The molecule has 7 heteroatoms. The van der Waals surface area contributed by atoms with Gasteiger partial charge in [-0.3, -0.25) is 0 Å². The van der Waals surface area contributed by atoms with Gasteiger partial charge in [0.05, 0.1) is 0 Å². The molecule has 0 spiro atoms. The molecule has 90 valence electrons. The van der Waals surface area contributed by atoms with Crippen molar-refractivity contribution in [2.24, 2.45) is 0 Å². The highest BCUT2D eigenvalue weighted by Gasteiger charge is 2.09. The molecule has 1 aromatic carbocycles. The number of fused-ring (bicyclic) bond motifs is 1. The molecule has 3 rings (SSSR count). The Kier molecular flexibility index (Phi) is 2.57. The monoisotopic (exact) mass is 279 g/mol. The minimum atomic E-state index is 0.192. The van der Waals surface area contributed by atoms with Gasteiger partial charge in [-0.1, -0.05) is 23.2 Å². The summed E-state index contributed by atoms with van der Waals surface area (Å²) in [6.07, 6.45) is 1.63. The van der Waals surface area contributed by atoms with E-state index in [1.54, 1.807) is 35.0 Å². The molecule has 0 radical (unpaired) electrons. The van der Waals surface area contributed by atoms with Crippen LogP contribution in [0.5, 0.6) is 0 Å². The van der Waals surface area contributed by atoms with Crippen LogP contribution in [-0.4, -0.2) is 19.6 Å². The Morgan fingerprint density at radius 3 is 2.56 bits per heavy atom. The van der Waals surface area contributed by atoms with E-state index in [1.165, 1.54) is 0 Å². The summed E-state index contributed by atoms with van der Waals surface area (Å²) in [6.45, 7) is 0. The van der Waals surface area contributed by atoms with Crippen molar-refractivity contribution in [1.29, 1.82) is 0 Å². The lowest BCUT2D eigenvalue weighted by Gasteiger charge is -2.04. The van der Waals surface area contributed by atoms with Gasteiger partial charge in [0.1, 0.15) is 0 Å². The summed E-state index contributed by atoms with van der Waals surface area (Å²) < 4.78 is 1.55. The third-order valence-electron chi connectivity index (χ3n) is 2.39. The maximum atomic E-state index is 5.97. The summed E-state index contributed by atoms with van der Waals surface area (Å²) in [5.41, 5.74) is 6.95. The molecule has 0 saturated heterocycles. The minimum absolute atomic E-state index is 0.192. The Morgan fingerprint density at radius 2 is 1.83 bits per heavy atom. The molecule has 0 aliphatic heterocycles. The molecule has 2 N–H and O–H groups in total. The van der Waals surface area contributed by atoms with Crippen molar-refractivity contribution in [3.8, 4) is 11.4 Å². The average Bonchev–Trinajstić information content (AvgIpc) is 2.67. The van der Waals surface area contributed by atoms with E-state index in [4.69, 9.17) is 28.9 Å². The maximum absolute atomic E-state index is 5.97. The molecule has 2 aromatic heterocycles. The summed E-state index contributed by atoms with van der Waals surface area (Å²) in [4.78, 5) is 8.33. The van der Waals surface area contributed by atoms with E-state index in [1.807, 2.05) is 0 Å². The van der Waals surface area contributed by atoms with Crippen LogP contribution in [0.25, 0.3) is 17.0 Å². The molecule has 18 heavy (non-hydrogen) atoms. The van der Waals surface area contributed by atoms with Gasteiger partial charge in [0.2, 0.25) is 5.95 Å². The number of halogens is 2. The van der Waals surface area contributed by atoms with Crippen molar-refractivity contribution in [1.82, 2.24) is 19.6 Å². The molecule has 0 atom stereocenters. The number of rotatable bonds is 1. The molecule has 0 amide bonds. The second-order valence-electron chi connectivity index (χ2n) is 3.67. The molecule has 0 aliphatic carbocycles. The predicted octanol–water partition coefficient (Wildman–Crippen LogP) is 2.68. The van der Waals surface area contributed by atoms with Crippen LogP contribution < -0.4 is 5.73 Å². The molecule has 0 fully saturated rings. The summed E-state index contributed by atoms with van der Waals surface area (Å²) in [5, 5.41) is 5.15. The molecular formula is C11H7Cl2N5. The SMILES string of the molecule is Nc1nc2ccnc(-c3cc(Cl)cc(Cl)c3)n2n1. The number of hydrogen-bond donors (Lipinski definition) is 1. The normalized spacial score (nSPS) is 11.0. The van der Waals surface area contributed by atoms with Gasteiger partial charge in [-0.05, 0) is 18.2 Å². The van der Waals surface area contributed by atoms with Crippen molar-refractivity contribution in [3.63, 3.8) is 0 Å². The summed E-state index contributed by atoms with van der Waals surface area (Å²) in [7, 11) is 0. The quantitative estimate of drug-likeness (QED) is 0.744. The summed E-state index contributed by atoms with van der Waals surface area (Å²) in [6, 6.07) is 6.89. The zero-order valence-corrected chi connectivity index (χ0v) is 10.5. The van der Waals surface area contributed by atoms with Gasteiger partial charge >= 0.3 is 0 Å². The standard InChI is InChI=1S/C11H7Cl2N5/c12-7-3-6(4-8(13)5-7)10-15-2-1-9-16-11(14)17-18(9)10/h1-5H,(H2,14,17). The minimum Gasteiger partial charge on any atom is -0.366 e. The van der Waals surface area contributed by atoms with Crippen molar-refractivity contribution in [2.75, 3.05) is 5.73 Å². The van der Waals surface area contributed by atoms with Crippen LogP contribution >= 0.6 is 23.2 Å². The lowest BCUT2D eigenvalue weighted by atomic mass is 10.2. The first-order valence-corrected chi connectivity index (χ1v) is 5.83. The fourth-order valence-electron chi connectivity index (χ4n) is 1.71. The third-order valence-corrected chi connectivity index (χ3v) is 2.83. The van der Waals surface area contributed by atoms with Crippen molar-refractivity contribution in [2.45, 2.75) is 0 Å². The average molecular weight is 280 g/mol. The first kappa shape index (κ1) is 11.3. The van der Waals surface area contributed by atoms with Crippen LogP contribution in [-0.2, 0) is 0 Å². The lowest BCUT2D eigenvalue weighted by Crippen LogP contribution is -1.97. The summed E-state index contributed by atoms with van der Waals surface area (Å²) >= 11 is 11.9. The Balaban J connectivity index is 2.30. The zero-order chi connectivity index (χ0) is 12.7. The zero-order valence-electron chi connectivity index (χ0n) is 9.01. The second-order valence-corrected chi connectivity index (χ2v) is 4.54. The van der Waals surface area contributed by atoms with Crippen molar-refractivity contribution >= 4 is 34.8 Å². The Bertz CT molecular complexity index is 717. The van der Waals surface area contributed by atoms with E-state index in [9.17, 15) is 0 Å². The number of benzene rings is 1. The molecule has 2 heterocycles. The highest BCUT2D eigenvalue weighted by Crippen LogP contribution is 2.26. The Labute approximate surface area is 112 Å². The van der Waals surface area contributed by atoms with E-state index >= 15 is 0 Å². The van der Waals surface area contributed by atoms with Crippen LogP contribution in [0, 0.1) is 0 Å². The van der Waals surface area contributed by atoms with Gasteiger partial charge in [-0.25, -0.2) is 4.98 Å². The highest BCUT2D eigenvalue weighted by molar-refractivity contribution is 6.35. The number of hydrogen-bond acceptors (Lipinski definition) is 4. The van der Waals surface area contributed by atoms with Gasteiger partial charge < -0.3 is 5.73 Å². The smallest absolute Gasteiger partial charge is 0.240 e. The molecule has 5 nitrogen and oxygen atoms in total. The third kappa shape index (κ3) is 1.87. The molecule has 0 saturated carbocycles. The second kappa shape index (κ2) is 4.12. The lowest BCUT2D eigenvalue weighted by molar-refractivity contribution is 0.939. The molecular weight excluding hydrogens is 273 g/mol. The van der Waals surface area contributed by atoms with Crippen LogP contribution in [0.1, 0.15) is 0 Å². The van der Waals surface area contributed by atoms with Gasteiger partial charge in [-0.15, -0.1) is 5.10 Å². The van der Waals surface area contributed by atoms with Crippen LogP contribution in [0.15, 0.2) is 30.5 Å². The maximum Gasteiger partial charge on any atom is 0.240 e.